The van der Waals surface area contributed by atoms with Gasteiger partial charge in [-0.1, -0.05) is 36.4 Å². The van der Waals surface area contributed by atoms with Crippen LogP contribution in [-0.4, -0.2) is 16.7 Å². The van der Waals surface area contributed by atoms with Gasteiger partial charge in [-0.25, -0.2) is 0 Å². The fourth-order valence-corrected chi connectivity index (χ4v) is 3.63. The van der Waals surface area contributed by atoms with Crippen molar-refractivity contribution in [2.45, 2.75) is 6.42 Å². The maximum absolute atomic E-state index is 13.2. The summed E-state index contributed by atoms with van der Waals surface area (Å²) in [6.45, 7) is 0. The van der Waals surface area contributed by atoms with Gasteiger partial charge in [-0.3, -0.25) is 19.5 Å². The number of hydrogen-bond acceptors (Lipinski definition) is 4. The van der Waals surface area contributed by atoms with E-state index in [0.29, 0.717) is 29.1 Å². The number of rotatable bonds is 1. The molecule has 0 saturated heterocycles. The first-order chi connectivity index (χ1) is 13.2. The molecule has 0 fully saturated rings. The molecule has 0 radical (unpaired) electrons. The van der Waals surface area contributed by atoms with E-state index in [1.54, 1.807) is 36.5 Å². The third-order valence-corrected chi connectivity index (χ3v) is 4.87. The van der Waals surface area contributed by atoms with E-state index in [2.05, 4.69) is 10.3 Å². The number of amides is 1. The zero-order valence-electron chi connectivity index (χ0n) is 14.3. The average Bonchev–Trinajstić information content (AvgIpc) is 3.27. The Morgan fingerprint density at radius 1 is 0.963 bits per heavy atom. The van der Waals surface area contributed by atoms with Crippen molar-refractivity contribution in [1.82, 2.24) is 4.98 Å². The number of carbonyl (C=O) groups is 2. The molecule has 5 rings (SSSR count). The lowest BCUT2D eigenvalue weighted by atomic mass is 10.1. The summed E-state index contributed by atoms with van der Waals surface area (Å²) in [6.07, 6.45) is 2.16. The third-order valence-electron chi connectivity index (χ3n) is 4.87. The van der Waals surface area contributed by atoms with Gasteiger partial charge >= 0.3 is 0 Å². The van der Waals surface area contributed by atoms with Gasteiger partial charge in [0.2, 0.25) is 5.78 Å². The summed E-state index contributed by atoms with van der Waals surface area (Å²) in [5, 5.41) is 3.32. The normalized spacial score (nSPS) is 17.5. The summed E-state index contributed by atoms with van der Waals surface area (Å²) in [7, 11) is 0. The smallest absolute Gasteiger partial charge is 0.281 e. The lowest BCUT2D eigenvalue weighted by molar-refractivity contribution is 0.0969. The number of para-hydroxylation sites is 2. The molecule has 130 valence electrons. The van der Waals surface area contributed by atoms with Crippen molar-refractivity contribution < 1.29 is 9.59 Å². The molecule has 0 spiro atoms. The molecule has 2 aliphatic rings. The van der Waals surface area contributed by atoms with Gasteiger partial charge in [0, 0.05) is 29.6 Å². The van der Waals surface area contributed by atoms with E-state index in [-0.39, 0.29) is 11.7 Å². The molecule has 1 aromatic heterocycles. The van der Waals surface area contributed by atoms with Crippen LogP contribution in [0.3, 0.4) is 0 Å². The number of anilines is 2. The molecular formula is C22H15N3O2. The number of allylic oxidation sites excluding steroid dienone is 2. The highest BCUT2D eigenvalue weighted by Gasteiger charge is 2.40. The van der Waals surface area contributed by atoms with E-state index in [0.717, 1.165) is 16.9 Å². The highest BCUT2D eigenvalue weighted by molar-refractivity contribution is 6.27. The topological polar surface area (TPSA) is 62.3 Å². The maximum atomic E-state index is 13.2. The van der Waals surface area contributed by atoms with Crippen molar-refractivity contribution in [1.29, 1.82) is 0 Å². The minimum Gasteiger partial charge on any atom is -0.357 e. The molecule has 27 heavy (non-hydrogen) atoms. The molecule has 2 aliphatic heterocycles. The molecule has 0 bridgehead atoms. The van der Waals surface area contributed by atoms with Crippen LogP contribution in [-0.2, 0) is 6.42 Å². The lowest BCUT2D eigenvalue weighted by Gasteiger charge is -2.19. The predicted octanol–water partition coefficient (Wildman–Crippen LogP) is 3.80. The number of nitrogens with zero attached hydrogens (tertiary/aromatic N) is 2. The number of carbonyl (C=O) groups excluding carboxylic acids is 2. The number of fused-ring (bicyclic) bond motifs is 2. The highest BCUT2D eigenvalue weighted by Crippen LogP contribution is 2.40. The summed E-state index contributed by atoms with van der Waals surface area (Å²) in [4.78, 5) is 32.1. The molecule has 0 unspecified atom stereocenters. The largest absolute Gasteiger partial charge is 0.357 e. The molecule has 0 saturated carbocycles. The molecule has 5 nitrogen and oxygen atoms in total. The fourth-order valence-electron chi connectivity index (χ4n) is 3.63. The van der Waals surface area contributed by atoms with Gasteiger partial charge in [0.05, 0.1) is 5.69 Å². The van der Waals surface area contributed by atoms with E-state index in [1.165, 1.54) is 4.90 Å². The minimum atomic E-state index is -0.311. The molecule has 0 aliphatic carbocycles. The number of Topliss-reactive ketones (excluding diaryl/α,β-unsaturated/α-hetero) is 1. The molecule has 5 heteroatoms. The Hall–Kier alpha value is -3.73. The Labute approximate surface area is 156 Å². The van der Waals surface area contributed by atoms with Crippen LogP contribution in [0.1, 0.15) is 26.4 Å². The number of pyridine rings is 1. The summed E-state index contributed by atoms with van der Waals surface area (Å²) >= 11 is 0. The number of nitrogens with one attached hydrogen (secondary N) is 1. The van der Waals surface area contributed by atoms with Crippen LogP contribution in [0, 0.1) is 0 Å². The first kappa shape index (κ1) is 15.5. The van der Waals surface area contributed by atoms with Crippen molar-refractivity contribution in [2.24, 2.45) is 0 Å². The van der Waals surface area contributed by atoms with Gasteiger partial charge in [-0.2, -0.15) is 0 Å². The molecule has 0 atom stereocenters. The van der Waals surface area contributed by atoms with Crippen LogP contribution < -0.4 is 10.2 Å². The fraction of sp³-hybridized carbons (Fsp3) is 0.0455. The predicted molar refractivity (Wildman–Crippen MR) is 103 cm³/mol. The van der Waals surface area contributed by atoms with Crippen LogP contribution in [0.5, 0.6) is 0 Å². The Balaban J connectivity index is 1.67. The van der Waals surface area contributed by atoms with E-state index in [4.69, 9.17) is 0 Å². The molecular weight excluding hydrogens is 338 g/mol. The number of benzene rings is 2. The lowest BCUT2D eigenvalue weighted by Crippen LogP contribution is -2.31. The van der Waals surface area contributed by atoms with E-state index < -0.39 is 0 Å². The first-order valence-corrected chi connectivity index (χ1v) is 8.71. The average molecular weight is 353 g/mol. The van der Waals surface area contributed by atoms with E-state index >= 15 is 0 Å². The summed E-state index contributed by atoms with van der Waals surface area (Å²) in [6, 6.07) is 20.3. The minimum absolute atomic E-state index is 0.148. The van der Waals surface area contributed by atoms with Crippen LogP contribution in [0.15, 0.2) is 84.3 Å². The van der Waals surface area contributed by atoms with Crippen molar-refractivity contribution in [2.75, 3.05) is 10.2 Å². The van der Waals surface area contributed by atoms with E-state index in [9.17, 15) is 9.59 Å². The van der Waals surface area contributed by atoms with Gasteiger partial charge < -0.3 is 5.32 Å². The second-order valence-corrected chi connectivity index (χ2v) is 6.49. The van der Waals surface area contributed by atoms with Crippen molar-refractivity contribution in [3.8, 4) is 0 Å². The number of aromatic nitrogens is 1. The standard InChI is InChI=1S/C22H15N3O2/c26-21-15-8-2-4-11-19(15)25(22(27)17-10-5-6-12-23-17)20(21)18-13-14-7-1-3-9-16(14)24-18/h1-12,24H,13H2/b20-18+. The third kappa shape index (κ3) is 2.36. The molecule has 1 N–H and O–H groups in total. The summed E-state index contributed by atoms with van der Waals surface area (Å²) in [5.74, 6) is -0.459. The van der Waals surface area contributed by atoms with Crippen LogP contribution >= 0.6 is 0 Å². The van der Waals surface area contributed by atoms with Crippen molar-refractivity contribution in [3.05, 3.63) is 101 Å². The van der Waals surface area contributed by atoms with Gasteiger partial charge in [0.25, 0.3) is 5.91 Å². The van der Waals surface area contributed by atoms with Crippen LogP contribution in [0.25, 0.3) is 0 Å². The SMILES string of the molecule is O=C1/C(=C2/Cc3ccccc3N2)N(C(=O)c2ccccn2)c2ccccc21. The monoisotopic (exact) mass is 353 g/mol. The quantitative estimate of drug-likeness (QED) is 0.676. The summed E-state index contributed by atoms with van der Waals surface area (Å²) in [5.41, 5.74) is 4.61. The van der Waals surface area contributed by atoms with Gasteiger partial charge in [-0.15, -0.1) is 0 Å². The van der Waals surface area contributed by atoms with Gasteiger partial charge in [0.1, 0.15) is 11.4 Å². The summed E-state index contributed by atoms with van der Waals surface area (Å²) < 4.78 is 0. The Kier molecular flexibility index (Phi) is 3.40. The molecule has 3 heterocycles. The van der Waals surface area contributed by atoms with Gasteiger partial charge in [-0.05, 0) is 35.9 Å². The van der Waals surface area contributed by atoms with Crippen molar-refractivity contribution >= 4 is 23.1 Å². The Morgan fingerprint density at radius 3 is 2.56 bits per heavy atom. The highest BCUT2D eigenvalue weighted by atomic mass is 16.2. The second-order valence-electron chi connectivity index (χ2n) is 6.49. The maximum Gasteiger partial charge on any atom is 0.281 e. The number of ketones is 1. The molecule has 1 amide bonds. The first-order valence-electron chi connectivity index (χ1n) is 8.71. The Morgan fingerprint density at radius 2 is 1.74 bits per heavy atom. The second kappa shape index (κ2) is 5.92. The molecule has 2 aromatic carbocycles. The zero-order chi connectivity index (χ0) is 18.4. The number of hydrogen-bond donors (Lipinski definition) is 1. The van der Waals surface area contributed by atoms with Crippen LogP contribution in [0.4, 0.5) is 11.4 Å². The Bertz CT molecular complexity index is 1090. The molecule has 3 aromatic rings. The van der Waals surface area contributed by atoms with Gasteiger partial charge in [0.15, 0.2) is 0 Å². The van der Waals surface area contributed by atoms with Crippen molar-refractivity contribution in [3.63, 3.8) is 0 Å². The van der Waals surface area contributed by atoms with Crippen LogP contribution in [0.2, 0.25) is 0 Å². The van der Waals surface area contributed by atoms with E-state index in [1.807, 2.05) is 36.4 Å². The zero-order valence-corrected chi connectivity index (χ0v) is 14.3.